The van der Waals surface area contributed by atoms with Crippen molar-refractivity contribution < 1.29 is 9.18 Å². The summed E-state index contributed by atoms with van der Waals surface area (Å²) in [6.07, 6.45) is 5.40. The highest BCUT2D eigenvalue weighted by molar-refractivity contribution is 5.87. The Morgan fingerprint density at radius 1 is 1.32 bits per heavy atom. The molecule has 0 spiro atoms. The number of aromatic nitrogens is 2. The van der Waals surface area contributed by atoms with Gasteiger partial charge in [-0.15, -0.1) is 0 Å². The fourth-order valence-electron chi connectivity index (χ4n) is 4.86. The van der Waals surface area contributed by atoms with Crippen LogP contribution in [0.5, 0.6) is 0 Å². The predicted molar refractivity (Wildman–Crippen MR) is 88.9 cm³/mol. The molecule has 5 heteroatoms. The molecule has 0 amide bonds. The van der Waals surface area contributed by atoms with E-state index in [0.29, 0.717) is 6.42 Å². The van der Waals surface area contributed by atoms with Crippen LogP contribution in [0, 0.1) is 34.9 Å². The zero-order valence-electron chi connectivity index (χ0n) is 13.9. The van der Waals surface area contributed by atoms with Crippen LogP contribution in [0.1, 0.15) is 36.6 Å². The van der Waals surface area contributed by atoms with Gasteiger partial charge in [-0.05, 0) is 48.4 Å². The molecule has 2 aromatic rings. The molecule has 1 heterocycles. The third-order valence-corrected chi connectivity index (χ3v) is 6.01. The van der Waals surface area contributed by atoms with Gasteiger partial charge in [0.1, 0.15) is 18.1 Å². The summed E-state index contributed by atoms with van der Waals surface area (Å²) in [5.74, 6) is -1.13. The number of ketones is 1. The van der Waals surface area contributed by atoms with E-state index in [1.165, 1.54) is 18.5 Å². The van der Waals surface area contributed by atoms with Crippen LogP contribution in [0.2, 0.25) is 0 Å². The minimum atomic E-state index is -0.669. The van der Waals surface area contributed by atoms with Gasteiger partial charge < -0.3 is 0 Å². The number of carbonyl (C=O) groups is 1. The maximum absolute atomic E-state index is 13.5. The third-order valence-electron chi connectivity index (χ3n) is 6.01. The fraction of sp³-hybridized carbons (Fsp3) is 0.400. The molecule has 0 aliphatic heterocycles. The Balaban J connectivity index is 1.99. The lowest BCUT2D eigenvalue weighted by Crippen LogP contribution is -2.53. The van der Waals surface area contributed by atoms with Crippen molar-refractivity contribution in [2.24, 2.45) is 17.8 Å². The number of hydrogen-bond donors (Lipinski definition) is 0. The maximum Gasteiger partial charge on any atom is 0.153 e. The SMILES string of the molecule is C[C@@H]1C(=O)C(C#N)C[C@]2(c3ccc(F)cc3)c3ncncc3CC[C@@H]12. The molecule has 1 aromatic heterocycles. The molecule has 1 unspecified atom stereocenters. The average molecular weight is 335 g/mol. The van der Waals surface area contributed by atoms with E-state index in [-0.39, 0.29) is 23.4 Å². The van der Waals surface area contributed by atoms with Crippen LogP contribution < -0.4 is 0 Å². The van der Waals surface area contributed by atoms with Crippen molar-refractivity contribution in [1.29, 1.82) is 5.26 Å². The Morgan fingerprint density at radius 2 is 2.08 bits per heavy atom. The summed E-state index contributed by atoms with van der Waals surface area (Å²) in [5.41, 5.74) is 2.34. The van der Waals surface area contributed by atoms with E-state index >= 15 is 0 Å². The second kappa shape index (κ2) is 5.73. The van der Waals surface area contributed by atoms with Gasteiger partial charge in [-0.3, -0.25) is 4.79 Å². The minimum Gasteiger partial charge on any atom is -0.298 e. The Labute approximate surface area is 145 Å². The summed E-state index contributed by atoms with van der Waals surface area (Å²) in [5, 5.41) is 9.56. The van der Waals surface area contributed by atoms with Gasteiger partial charge in [0.25, 0.3) is 0 Å². The van der Waals surface area contributed by atoms with Gasteiger partial charge in [-0.2, -0.15) is 5.26 Å². The van der Waals surface area contributed by atoms with E-state index in [2.05, 4.69) is 16.0 Å². The number of nitrogens with zero attached hydrogens (tertiary/aromatic N) is 3. The summed E-state index contributed by atoms with van der Waals surface area (Å²) in [6.45, 7) is 1.92. The van der Waals surface area contributed by atoms with Crippen molar-refractivity contribution in [3.8, 4) is 6.07 Å². The molecule has 1 saturated carbocycles. The Hall–Kier alpha value is -2.61. The Bertz CT molecular complexity index is 873. The first-order valence-corrected chi connectivity index (χ1v) is 8.56. The number of Topliss-reactive ketones (excluding diaryl/α,β-unsaturated/α-hetero) is 1. The van der Waals surface area contributed by atoms with Crippen molar-refractivity contribution in [3.05, 3.63) is 59.4 Å². The summed E-state index contributed by atoms with van der Waals surface area (Å²) < 4.78 is 13.5. The smallest absolute Gasteiger partial charge is 0.153 e. The van der Waals surface area contributed by atoms with Crippen LogP contribution in [0.4, 0.5) is 4.39 Å². The zero-order chi connectivity index (χ0) is 17.6. The fourth-order valence-corrected chi connectivity index (χ4v) is 4.86. The van der Waals surface area contributed by atoms with Crippen molar-refractivity contribution in [3.63, 3.8) is 0 Å². The second-order valence-corrected chi connectivity index (χ2v) is 7.10. The molecular weight excluding hydrogens is 317 g/mol. The number of aryl methyl sites for hydroxylation is 1. The molecule has 2 aliphatic rings. The van der Waals surface area contributed by atoms with Gasteiger partial charge in [0.2, 0.25) is 0 Å². The lowest BCUT2D eigenvalue weighted by Gasteiger charge is -2.51. The van der Waals surface area contributed by atoms with Crippen LogP contribution in [0.15, 0.2) is 36.8 Å². The van der Waals surface area contributed by atoms with E-state index in [1.807, 2.05) is 13.1 Å². The van der Waals surface area contributed by atoms with Crippen LogP contribution >= 0.6 is 0 Å². The van der Waals surface area contributed by atoms with Crippen molar-refractivity contribution in [2.45, 2.75) is 31.6 Å². The molecule has 0 N–H and O–H groups in total. The zero-order valence-corrected chi connectivity index (χ0v) is 13.9. The van der Waals surface area contributed by atoms with E-state index in [9.17, 15) is 14.4 Å². The van der Waals surface area contributed by atoms with Gasteiger partial charge in [-0.1, -0.05) is 19.1 Å². The first-order valence-electron chi connectivity index (χ1n) is 8.56. The van der Waals surface area contributed by atoms with Crippen molar-refractivity contribution in [1.82, 2.24) is 9.97 Å². The van der Waals surface area contributed by atoms with Crippen LogP contribution in [0.25, 0.3) is 0 Å². The van der Waals surface area contributed by atoms with Crippen molar-refractivity contribution in [2.75, 3.05) is 0 Å². The summed E-state index contributed by atoms with van der Waals surface area (Å²) in [6, 6.07) is 8.62. The molecule has 2 aliphatic carbocycles. The molecular formula is C20H18FN3O. The Morgan fingerprint density at radius 3 is 2.80 bits per heavy atom. The molecule has 25 heavy (non-hydrogen) atoms. The Kier molecular flexibility index (Phi) is 3.64. The van der Waals surface area contributed by atoms with Gasteiger partial charge in [-0.25, -0.2) is 14.4 Å². The van der Waals surface area contributed by atoms with Crippen molar-refractivity contribution >= 4 is 5.78 Å². The highest BCUT2D eigenvalue weighted by Gasteiger charge is 2.56. The highest BCUT2D eigenvalue weighted by atomic mass is 19.1. The third kappa shape index (κ3) is 2.21. The molecule has 0 radical (unpaired) electrons. The van der Waals surface area contributed by atoms with Crippen LogP contribution in [-0.2, 0) is 16.6 Å². The molecule has 4 nitrogen and oxygen atoms in total. The lowest BCUT2D eigenvalue weighted by molar-refractivity contribution is -0.131. The molecule has 126 valence electrons. The summed E-state index contributed by atoms with van der Waals surface area (Å²) >= 11 is 0. The largest absolute Gasteiger partial charge is 0.298 e. The first kappa shape index (κ1) is 15.9. The number of rotatable bonds is 1. The summed E-state index contributed by atoms with van der Waals surface area (Å²) in [7, 11) is 0. The highest BCUT2D eigenvalue weighted by Crippen LogP contribution is 2.55. The number of nitriles is 1. The first-order chi connectivity index (χ1) is 12.1. The summed E-state index contributed by atoms with van der Waals surface area (Å²) in [4.78, 5) is 21.4. The number of benzene rings is 1. The molecule has 1 aromatic carbocycles. The van der Waals surface area contributed by atoms with Crippen LogP contribution in [0.3, 0.4) is 0 Å². The average Bonchev–Trinajstić information content (AvgIpc) is 2.65. The minimum absolute atomic E-state index is 0.0164. The van der Waals surface area contributed by atoms with Gasteiger partial charge in [0.05, 0.1) is 11.8 Å². The lowest BCUT2D eigenvalue weighted by atomic mass is 9.51. The van der Waals surface area contributed by atoms with E-state index < -0.39 is 11.3 Å². The van der Waals surface area contributed by atoms with Gasteiger partial charge >= 0.3 is 0 Å². The molecule has 0 saturated heterocycles. The van der Waals surface area contributed by atoms with E-state index in [4.69, 9.17) is 0 Å². The molecule has 1 fully saturated rings. The van der Waals surface area contributed by atoms with E-state index in [0.717, 1.165) is 29.7 Å². The standard InChI is InChI=1S/C20H18FN3O/c1-12-17-7-2-13-10-23-11-24-19(13)20(17,8-14(9-22)18(12)25)15-3-5-16(21)6-4-15/h3-6,10-12,14,17H,2,7-8H2,1H3/t12-,14?,17-,20+/m0/s1. The molecule has 4 rings (SSSR count). The quantitative estimate of drug-likeness (QED) is 0.802. The number of hydrogen-bond acceptors (Lipinski definition) is 4. The van der Waals surface area contributed by atoms with E-state index in [1.54, 1.807) is 12.1 Å². The van der Waals surface area contributed by atoms with Crippen LogP contribution in [-0.4, -0.2) is 15.8 Å². The molecule has 4 atom stereocenters. The molecule has 0 bridgehead atoms. The topological polar surface area (TPSA) is 66.6 Å². The normalized spacial score (nSPS) is 30.9. The number of fused-ring (bicyclic) bond motifs is 3. The maximum atomic E-state index is 13.5. The number of carbonyl (C=O) groups excluding carboxylic acids is 1. The predicted octanol–water partition coefficient (Wildman–Crippen LogP) is 3.21. The monoisotopic (exact) mass is 335 g/mol. The second-order valence-electron chi connectivity index (χ2n) is 7.10. The number of halogens is 1. The van der Waals surface area contributed by atoms with Gasteiger partial charge in [0.15, 0.2) is 5.78 Å². The van der Waals surface area contributed by atoms with Gasteiger partial charge in [0, 0.05) is 17.5 Å².